The molecule has 1 heterocycles. The van der Waals surface area contributed by atoms with Crippen LogP contribution in [0.1, 0.15) is 6.42 Å². The van der Waals surface area contributed by atoms with E-state index in [2.05, 4.69) is 19.2 Å². The molecule has 1 aliphatic heterocycles. The van der Waals surface area contributed by atoms with Crippen molar-refractivity contribution in [1.82, 2.24) is 5.32 Å². The van der Waals surface area contributed by atoms with E-state index in [0.717, 1.165) is 13.0 Å². The van der Waals surface area contributed by atoms with Gasteiger partial charge in [0, 0.05) is 32.7 Å². The zero-order valence-electron chi connectivity index (χ0n) is 5.06. The van der Waals surface area contributed by atoms with E-state index in [-0.39, 0.29) is 32.7 Å². The molecular formula is C6H11NY-2. The van der Waals surface area contributed by atoms with E-state index in [1.807, 2.05) is 0 Å². The predicted octanol–water partition coefficient (Wildman–Crippen LogP) is 0.630. The normalized spacial score (nSPS) is 35.2. The van der Waals surface area contributed by atoms with E-state index in [1.54, 1.807) is 0 Å². The summed E-state index contributed by atoms with van der Waals surface area (Å²) < 4.78 is 0. The SMILES string of the molecule is [CH2-]CC1NCC1[CH2-].[Y]. The van der Waals surface area contributed by atoms with Crippen molar-refractivity contribution in [3.63, 3.8) is 0 Å². The molecule has 1 rings (SSSR count). The Kier molecular flexibility index (Phi) is 4.50. The van der Waals surface area contributed by atoms with Gasteiger partial charge < -0.3 is 19.2 Å². The van der Waals surface area contributed by atoms with E-state index in [0.29, 0.717) is 12.0 Å². The first kappa shape index (κ1) is 9.06. The van der Waals surface area contributed by atoms with Crippen LogP contribution in [0.15, 0.2) is 0 Å². The molecule has 1 fully saturated rings. The first-order valence-electron chi connectivity index (χ1n) is 2.70. The summed E-state index contributed by atoms with van der Waals surface area (Å²) in [7, 11) is 0. The third-order valence-electron chi connectivity index (χ3n) is 1.52. The average molecular weight is 186 g/mol. The van der Waals surface area contributed by atoms with Crippen LogP contribution in [-0.4, -0.2) is 12.6 Å². The number of nitrogens with one attached hydrogen (secondary N) is 1. The van der Waals surface area contributed by atoms with Gasteiger partial charge in [-0.1, -0.05) is 0 Å². The maximum atomic E-state index is 3.89. The quantitative estimate of drug-likeness (QED) is 0.592. The fraction of sp³-hybridized carbons (Fsp3) is 0.667. The van der Waals surface area contributed by atoms with Gasteiger partial charge in [-0.3, -0.25) is 0 Å². The molecular weight excluding hydrogens is 175 g/mol. The fourth-order valence-corrected chi connectivity index (χ4v) is 0.789. The molecule has 0 bridgehead atoms. The van der Waals surface area contributed by atoms with Gasteiger partial charge in [0.25, 0.3) is 0 Å². The second kappa shape index (κ2) is 3.97. The summed E-state index contributed by atoms with van der Waals surface area (Å²) in [5.74, 6) is 0.623. The van der Waals surface area contributed by atoms with E-state index < -0.39 is 0 Å². The molecule has 0 saturated carbocycles. The van der Waals surface area contributed by atoms with Crippen LogP contribution in [0, 0.1) is 19.8 Å². The van der Waals surface area contributed by atoms with Crippen molar-refractivity contribution in [3.05, 3.63) is 13.8 Å². The molecule has 0 aromatic heterocycles. The summed E-state index contributed by atoms with van der Waals surface area (Å²) in [6.45, 7) is 8.73. The third-order valence-corrected chi connectivity index (χ3v) is 1.52. The van der Waals surface area contributed by atoms with Crippen LogP contribution < -0.4 is 5.32 Å². The summed E-state index contributed by atoms with van der Waals surface area (Å²) >= 11 is 0. The largest absolute Gasteiger partial charge is 0.342 e. The van der Waals surface area contributed by atoms with Crippen molar-refractivity contribution in [2.45, 2.75) is 12.5 Å². The molecule has 1 aliphatic rings. The number of hydrogen-bond acceptors (Lipinski definition) is 1. The van der Waals surface area contributed by atoms with Gasteiger partial charge >= 0.3 is 0 Å². The van der Waals surface area contributed by atoms with Crippen LogP contribution in [-0.2, 0) is 32.7 Å². The summed E-state index contributed by atoms with van der Waals surface area (Å²) in [6.07, 6.45) is 0.980. The van der Waals surface area contributed by atoms with Crippen LogP contribution in [0.25, 0.3) is 0 Å². The minimum atomic E-state index is 0. The monoisotopic (exact) mass is 186 g/mol. The number of rotatable bonds is 1. The molecule has 2 atom stereocenters. The van der Waals surface area contributed by atoms with E-state index in [1.165, 1.54) is 0 Å². The first-order valence-corrected chi connectivity index (χ1v) is 2.70. The Morgan fingerprint density at radius 2 is 2.25 bits per heavy atom. The standard InChI is InChI=1S/C6H11N.Y/c1-3-6-5(2)4-7-6;/h5-7H,1-4H2;/q-2;. The van der Waals surface area contributed by atoms with E-state index in [9.17, 15) is 0 Å². The van der Waals surface area contributed by atoms with Crippen LogP contribution in [0.5, 0.6) is 0 Å². The molecule has 0 amide bonds. The summed E-state index contributed by atoms with van der Waals surface area (Å²) in [5.41, 5.74) is 0. The van der Waals surface area contributed by atoms with Gasteiger partial charge in [-0.2, -0.15) is 6.42 Å². The molecule has 0 aliphatic carbocycles. The second-order valence-electron chi connectivity index (χ2n) is 2.06. The maximum Gasteiger partial charge on any atom is 0 e. The Balaban J connectivity index is 0.000000490. The Hall–Kier alpha value is 1.06. The molecule has 8 heavy (non-hydrogen) atoms. The van der Waals surface area contributed by atoms with Crippen LogP contribution >= 0.6 is 0 Å². The topological polar surface area (TPSA) is 12.0 Å². The van der Waals surface area contributed by atoms with Crippen molar-refractivity contribution >= 4 is 0 Å². The molecule has 0 aromatic rings. The fourth-order valence-electron chi connectivity index (χ4n) is 0.789. The molecule has 0 spiro atoms. The van der Waals surface area contributed by atoms with Crippen LogP contribution in [0.3, 0.4) is 0 Å². The van der Waals surface area contributed by atoms with Crippen molar-refractivity contribution < 1.29 is 32.7 Å². The van der Waals surface area contributed by atoms with Gasteiger partial charge in [0.05, 0.1) is 0 Å². The van der Waals surface area contributed by atoms with Gasteiger partial charge in [0.15, 0.2) is 0 Å². The Bertz CT molecular complexity index is 63.5. The zero-order chi connectivity index (χ0) is 5.28. The molecule has 45 valence electrons. The van der Waals surface area contributed by atoms with Crippen molar-refractivity contribution in [2.24, 2.45) is 5.92 Å². The molecule has 1 saturated heterocycles. The summed E-state index contributed by atoms with van der Waals surface area (Å²) in [5, 5.41) is 3.22. The van der Waals surface area contributed by atoms with Gasteiger partial charge in [-0.05, 0) is 12.6 Å². The van der Waals surface area contributed by atoms with E-state index >= 15 is 0 Å². The Morgan fingerprint density at radius 1 is 1.62 bits per heavy atom. The average Bonchev–Trinajstić information content (AvgIpc) is 1.65. The summed E-state index contributed by atoms with van der Waals surface area (Å²) in [4.78, 5) is 0. The Labute approximate surface area is 76.5 Å². The van der Waals surface area contributed by atoms with E-state index in [4.69, 9.17) is 0 Å². The van der Waals surface area contributed by atoms with Gasteiger partial charge in [0.2, 0.25) is 0 Å². The van der Waals surface area contributed by atoms with Gasteiger partial charge in [-0.15, -0.1) is 5.92 Å². The minimum absolute atomic E-state index is 0. The van der Waals surface area contributed by atoms with Gasteiger partial charge in [0.1, 0.15) is 0 Å². The van der Waals surface area contributed by atoms with Gasteiger partial charge in [-0.25, -0.2) is 0 Å². The molecule has 0 aromatic carbocycles. The first-order chi connectivity index (χ1) is 3.34. The third kappa shape index (κ3) is 1.78. The Morgan fingerprint density at radius 3 is 2.25 bits per heavy atom. The van der Waals surface area contributed by atoms with Crippen molar-refractivity contribution in [2.75, 3.05) is 6.54 Å². The van der Waals surface area contributed by atoms with Crippen molar-refractivity contribution in [3.8, 4) is 0 Å². The smallest absolute Gasteiger partial charge is 0 e. The maximum absolute atomic E-state index is 3.89. The molecule has 2 heteroatoms. The number of hydrogen-bond donors (Lipinski definition) is 1. The minimum Gasteiger partial charge on any atom is -0.342 e. The molecule has 1 N–H and O–H groups in total. The van der Waals surface area contributed by atoms with Crippen molar-refractivity contribution in [1.29, 1.82) is 0 Å². The molecule has 1 radical (unpaired) electrons. The summed E-state index contributed by atoms with van der Waals surface area (Å²) in [6, 6.07) is 0.611. The predicted molar refractivity (Wildman–Crippen MR) is 30.6 cm³/mol. The van der Waals surface area contributed by atoms with Crippen LogP contribution in [0.4, 0.5) is 0 Å². The van der Waals surface area contributed by atoms with Crippen LogP contribution in [0.2, 0.25) is 0 Å². The zero-order valence-corrected chi connectivity index (χ0v) is 7.90. The molecule has 2 unspecified atom stereocenters. The second-order valence-corrected chi connectivity index (χ2v) is 2.06. The molecule has 1 nitrogen and oxygen atoms in total.